The number of nitrogens with zero attached hydrogens (tertiary/aromatic N) is 3. The van der Waals surface area contributed by atoms with Crippen molar-refractivity contribution in [3.63, 3.8) is 0 Å². The van der Waals surface area contributed by atoms with E-state index in [0.717, 1.165) is 58.7 Å². The van der Waals surface area contributed by atoms with E-state index in [1.807, 2.05) is 21.9 Å². The van der Waals surface area contributed by atoms with Crippen LogP contribution in [0.3, 0.4) is 0 Å². The third-order valence-corrected chi connectivity index (χ3v) is 5.53. The minimum Gasteiger partial charge on any atom is -0.483 e. The summed E-state index contributed by atoms with van der Waals surface area (Å²) >= 11 is 0. The predicted molar refractivity (Wildman–Crippen MR) is 105 cm³/mol. The first-order chi connectivity index (χ1) is 13.2. The molecule has 0 aromatic heterocycles. The average molecular weight is 373 g/mol. The zero-order chi connectivity index (χ0) is 19.1. The number of hydrogen-bond donors (Lipinski definition) is 0. The van der Waals surface area contributed by atoms with Crippen LogP contribution in [0.4, 0.5) is 0 Å². The lowest BCUT2D eigenvalue weighted by atomic mass is 10.1. The molecule has 1 aromatic carbocycles. The van der Waals surface area contributed by atoms with Gasteiger partial charge in [-0.3, -0.25) is 9.59 Å². The zero-order valence-corrected chi connectivity index (χ0v) is 16.4. The third kappa shape index (κ3) is 5.22. The van der Waals surface area contributed by atoms with Gasteiger partial charge in [0.2, 0.25) is 0 Å². The molecule has 0 atom stereocenters. The minimum absolute atomic E-state index is 0.00605. The molecule has 2 fully saturated rings. The molecule has 2 amide bonds. The van der Waals surface area contributed by atoms with Gasteiger partial charge in [0.05, 0.1) is 5.56 Å². The lowest BCUT2D eigenvalue weighted by Gasteiger charge is -2.34. The van der Waals surface area contributed by atoms with Crippen molar-refractivity contribution in [1.82, 2.24) is 14.7 Å². The van der Waals surface area contributed by atoms with Crippen LogP contribution in [0.5, 0.6) is 5.75 Å². The Morgan fingerprint density at radius 3 is 2.22 bits per heavy atom. The number of benzene rings is 1. The normalized spacial score (nSPS) is 18.9. The van der Waals surface area contributed by atoms with Crippen molar-refractivity contribution in [2.45, 2.75) is 32.6 Å². The summed E-state index contributed by atoms with van der Waals surface area (Å²) in [6.07, 6.45) is 4.50. The van der Waals surface area contributed by atoms with E-state index in [1.165, 1.54) is 12.8 Å². The van der Waals surface area contributed by atoms with Crippen LogP contribution in [0.2, 0.25) is 0 Å². The maximum Gasteiger partial charge on any atom is 0.260 e. The van der Waals surface area contributed by atoms with Crippen LogP contribution in [0.15, 0.2) is 24.3 Å². The smallest absolute Gasteiger partial charge is 0.260 e. The number of carbonyl (C=O) groups is 2. The highest BCUT2D eigenvalue weighted by molar-refractivity contribution is 5.97. The van der Waals surface area contributed by atoms with Crippen molar-refractivity contribution in [3.05, 3.63) is 29.8 Å². The van der Waals surface area contributed by atoms with E-state index in [0.29, 0.717) is 11.3 Å². The van der Waals surface area contributed by atoms with Gasteiger partial charge in [0.25, 0.3) is 11.8 Å². The van der Waals surface area contributed by atoms with E-state index in [2.05, 4.69) is 11.8 Å². The Bertz CT molecular complexity index is 633. The fourth-order valence-corrected chi connectivity index (χ4v) is 3.76. The van der Waals surface area contributed by atoms with Gasteiger partial charge in [-0.2, -0.15) is 0 Å². The number of hydrogen-bond acceptors (Lipinski definition) is 4. The Kier molecular flexibility index (Phi) is 7.10. The molecule has 148 valence electrons. The Hall–Kier alpha value is -2.08. The summed E-state index contributed by atoms with van der Waals surface area (Å²) in [6.45, 7) is 8.03. The summed E-state index contributed by atoms with van der Waals surface area (Å²) in [5, 5.41) is 0. The Morgan fingerprint density at radius 1 is 0.889 bits per heavy atom. The zero-order valence-electron chi connectivity index (χ0n) is 16.4. The summed E-state index contributed by atoms with van der Waals surface area (Å²) in [5.74, 6) is 0.503. The van der Waals surface area contributed by atoms with Crippen molar-refractivity contribution in [2.24, 2.45) is 0 Å². The van der Waals surface area contributed by atoms with Gasteiger partial charge in [-0.25, -0.2) is 0 Å². The van der Waals surface area contributed by atoms with E-state index in [-0.39, 0.29) is 18.4 Å². The lowest BCUT2D eigenvalue weighted by Crippen LogP contribution is -2.48. The number of para-hydroxylation sites is 1. The Labute approximate surface area is 162 Å². The van der Waals surface area contributed by atoms with Gasteiger partial charge in [0.1, 0.15) is 5.75 Å². The van der Waals surface area contributed by atoms with Gasteiger partial charge in [-0.1, -0.05) is 31.9 Å². The fraction of sp³-hybridized carbons (Fsp3) is 0.619. The van der Waals surface area contributed by atoms with E-state index >= 15 is 0 Å². The molecule has 0 unspecified atom stereocenters. The molecule has 27 heavy (non-hydrogen) atoms. The first-order valence-corrected chi connectivity index (χ1v) is 10.2. The molecule has 2 saturated heterocycles. The number of rotatable bonds is 5. The maximum absolute atomic E-state index is 12.9. The monoisotopic (exact) mass is 373 g/mol. The molecule has 0 aliphatic carbocycles. The lowest BCUT2D eigenvalue weighted by molar-refractivity contribution is -0.133. The van der Waals surface area contributed by atoms with Crippen LogP contribution in [-0.2, 0) is 4.79 Å². The summed E-state index contributed by atoms with van der Waals surface area (Å²) in [5.41, 5.74) is 0.547. The maximum atomic E-state index is 12.9. The van der Waals surface area contributed by atoms with Crippen LogP contribution in [0, 0.1) is 0 Å². The third-order valence-electron chi connectivity index (χ3n) is 5.53. The number of piperazine rings is 1. The molecule has 3 rings (SSSR count). The van der Waals surface area contributed by atoms with E-state index in [1.54, 1.807) is 12.1 Å². The molecule has 0 radical (unpaired) electrons. The van der Waals surface area contributed by atoms with Crippen LogP contribution >= 0.6 is 0 Å². The Balaban J connectivity index is 1.60. The molecule has 2 aliphatic heterocycles. The van der Waals surface area contributed by atoms with Crippen LogP contribution < -0.4 is 4.74 Å². The largest absolute Gasteiger partial charge is 0.483 e. The van der Waals surface area contributed by atoms with Gasteiger partial charge in [0, 0.05) is 39.3 Å². The predicted octanol–water partition coefficient (Wildman–Crippen LogP) is 2.25. The van der Waals surface area contributed by atoms with E-state index in [4.69, 9.17) is 4.74 Å². The molecule has 0 spiro atoms. The Morgan fingerprint density at radius 2 is 1.56 bits per heavy atom. The standard InChI is InChI=1S/C21H31N3O3/c1-2-22-13-15-24(16-14-22)21(26)18-9-5-6-10-19(18)27-17-20(25)23-11-7-3-4-8-12-23/h5-6,9-10H,2-4,7-8,11-17H2,1H3. The summed E-state index contributed by atoms with van der Waals surface area (Å²) in [4.78, 5) is 31.5. The van der Waals surface area contributed by atoms with Gasteiger partial charge < -0.3 is 19.4 Å². The van der Waals surface area contributed by atoms with Gasteiger partial charge in [0.15, 0.2) is 6.61 Å². The molecular formula is C21H31N3O3. The van der Waals surface area contributed by atoms with Crippen molar-refractivity contribution in [3.8, 4) is 5.75 Å². The molecule has 0 saturated carbocycles. The molecule has 2 aliphatic rings. The van der Waals surface area contributed by atoms with Gasteiger partial charge >= 0.3 is 0 Å². The van der Waals surface area contributed by atoms with Gasteiger partial charge in [-0.05, 0) is 31.5 Å². The summed E-state index contributed by atoms with van der Waals surface area (Å²) in [6, 6.07) is 7.27. The van der Waals surface area contributed by atoms with Crippen LogP contribution in [0.25, 0.3) is 0 Å². The number of likely N-dealkylation sites (tertiary alicyclic amines) is 1. The van der Waals surface area contributed by atoms with Crippen molar-refractivity contribution < 1.29 is 14.3 Å². The summed E-state index contributed by atoms with van der Waals surface area (Å²) < 4.78 is 5.80. The van der Waals surface area contributed by atoms with Crippen LogP contribution in [-0.4, -0.2) is 78.9 Å². The highest BCUT2D eigenvalue weighted by atomic mass is 16.5. The van der Waals surface area contributed by atoms with Gasteiger partial charge in [-0.15, -0.1) is 0 Å². The molecule has 0 N–H and O–H groups in total. The van der Waals surface area contributed by atoms with Crippen molar-refractivity contribution in [1.29, 1.82) is 0 Å². The average Bonchev–Trinajstić information content (AvgIpc) is 3.01. The summed E-state index contributed by atoms with van der Waals surface area (Å²) in [7, 11) is 0. The fourth-order valence-electron chi connectivity index (χ4n) is 3.76. The highest BCUT2D eigenvalue weighted by Crippen LogP contribution is 2.21. The molecule has 1 aromatic rings. The second-order valence-electron chi connectivity index (χ2n) is 7.31. The van der Waals surface area contributed by atoms with E-state index in [9.17, 15) is 9.59 Å². The highest BCUT2D eigenvalue weighted by Gasteiger charge is 2.24. The number of amides is 2. The molecular weight excluding hydrogens is 342 g/mol. The number of likely N-dealkylation sites (N-methyl/N-ethyl adjacent to an activating group) is 1. The van der Waals surface area contributed by atoms with Crippen molar-refractivity contribution >= 4 is 11.8 Å². The molecule has 2 heterocycles. The molecule has 6 heteroatoms. The molecule has 6 nitrogen and oxygen atoms in total. The molecule has 0 bridgehead atoms. The first kappa shape index (κ1) is 19.7. The number of carbonyl (C=O) groups excluding carboxylic acids is 2. The van der Waals surface area contributed by atoms with E-state index < -0.39 is 0 Å². The first-order valence-electron chi connectivity index (χ1n) is 10.2. The second-order valence-corrected chi connectivity index (χ2v) is 7.31. The quantitative estimate of drug-likeness (QED) is 0.794. The second kappa shape index (κ2) is 9.74. The van der Waals surface area contributed by atoms with Crippen molar-refractivity contribution in [2.75, 3.05) is 52.4 Å². The van der Waals surface area contributed by atoms with Crippen LogP contribution in [0.1, 0.15) is 43.0 Å². The number of ether oxygens (including phenoxy) is 1. The minimum atomic E-state index is -0.0106. The SMILES string of the molecule is CCN1CCN(C(=O)c2ccccc2OCC(=O)N2CCCCCC2)CC1. The topological polar surface area (TPSA) is 53.1 Å².